The Balaban J connectivity index is 2.84. The number of carbonyl (C=O) groups excluding carboxylic acids is 1. The molecule has 0 atom stereocenters. The van der Waals surface area contributed by atoms with Gasteiger partial charge in [-0.3, -0.25) is 19.7 Å². The molecule has 0 saturated carbocycles. The monoisotopic (exact) mass is 210 g/mol. The van der Waals surface area contributed by atoms with Gasteiger partial charge in [0.1, 0.15) is 0 Å². The highest BCUT2D eigenvalue weighted by molar-refractivity contribution is 5.78. The van der Waals surface area contributed by atoms with E-state index in [4.69, 9.17) is 0 Å². The van der Waals surface area contributed by atoms with Crippen LogP contribution in [0.1, 0.15) is 5.56 Å². The third kappa shape index (κ3) is 3.03. The maximum Gasteiger partial charge on any atom is 0.273 e. The maximum atomic E-state index is 11.1. The van der Waals surface area contributed by atoms with Crippen LogP contribution in [0.2, 0.25) is 0 Å². The molecule has 1 aromatic carbocycles. The molecule has 6 nitrogen and oxygen atoms in total. The normalized spacial score (nSPS) is 9.67. The Kier molecular flexibility index (Phi) is 3.75. The summed E-state index contributed by atoms with van der Waals surface area (Å²) in [7, 11) is 1.30. The zero-order valence-electron chi connectivity index (χ0n) is 8.10. The highest BCUT2D eigenvalue weighted by Gasteiger charge is 2.14. The van der Waals surface area contributed by atoms with E-state index in [0.717, 1.165) is 0 Å². The Bertz CT molecular complexity index is 378. The van der Waals surface area contributed by atoms with E-state index in [9.17, 15) is 14.9 Å². The fourth-order valence-electron chi connectivity index (χ4n) is 1.16. The van der Waals surface area contributed by atoms with Gasteiger partial charge in [-0.1, -0.05) is 18.2 Å². The van der Waals surface area contributed by atoms with Gasteiger partial charge in [-0.05, 0) is 0 Å². The predicted molar refractivity (Wildman–Crippen MR) is 52.0 cm³/mol. The standard InChI is InChI=1S/C9H10N2O4/c1-15-10-9(12)6-7-4-2-3-5-8(7)11(13)14/h2-5H,6H2,1H3,(H,10,12). The van der Waals surface area contributed by atoms with Crippen LogP contribution in [-0.2, 0) is 16.1 Å². The van der Waals surface area contributed by atoms with Crippen LogP contribution in [-0.4, -0.2) is 17.9 Å². The highest BCUT2D eigenvalue weighted by atomic mass is 16.6. The first-order chi connectivity index (χ1) is 7.15. The molecule has 0 fully saturated rings. The molecule has 0 heterocycles. The Labute approximate surface area is 86.0 Å². The molecule has 0 aliphatic rings. The molecule has 0 spiro atoms. The Morgan fingerprint density at radius 2 is 2.20 bits per heavy atom. The van der Waals surface area contributed by atoms with Crippen molar-refractivity contribution < 1.29 is 14.6 Å². The molecule has 1 N–H and O–H groups in total. The summed E-state index contributed by atoms with van der Waals surface area (Å²) < 4.78 is 0. The van der Waals surface area contributed by atoms with E-state index in [2.05, 4.69) is 10.3 Å². The van der Waals surface area contributed by atoms with Crippen molar-refractivity contribution in [1.82, 2.24) is 5.48 Å². The van der Waals surface area contributed by atoms with Crippen molar-refractivity contribution >= 4 is 11.6 Å². The van der Waals surface area contributed by atoms with Crippen LogP contribution in [0.3, 0.4) is 0 Å². The second-order valence-electron chi connectivity index (χ2n) is 2.79. The number of carbonyl (C=O) groups is 1. The molecule has 0 radical (unpaired) electrons. The molecule has 0 aromatic heterocycles. The fourth-order valence-corrected chi connectivity index (χ4v) is 1.16. The van der Waals surface area contributed by atoms with Crippen LogP contribution in [0.4, 0.5) is 5.69 Å². The second-order valence-corrected chi connectivity index (χ2v) is 2.79. The molecule has 0 saturated heterocycles. The molecular weight excluding hydrogens is 200 g/mol. The summed E-state index contributed by atoms with van der Waals surface area (Å²) in [6.07, 6.45) is -0.0784. The van der Waals surface area contributed by atoms with Crippen LogP contribution < -0.4 is 5.48 Å². The minimum Gasteiger partial charge on any atom is -0.277 e. The molecule has 0 bridgehead atoms. The van der Waals surface area contributed by atoms with E-state index < -0.39 is 10.8 Å². The third-order valence-electron chi connectivity index (χ3n) is 1.76. The fraction of sp³-hybridized carbons (Fsp3) is 0.222. The first-order valence-electron chi connectivity index (χ1n) is 4.19. The van der Waals surface area contributed by atoms with Gasteiger partial charge in [0, 0.05) is 11.6 Å². The molecule has 0 aliphatic heterocycles. The number of hydroxylamine groups is 1. The minimum atomic E-state index is -0.518. The molecule has 0 aliphatic carbocycles. The minimum absolute atomic E-state index is 0.0660. The van der Waals surface area contributed by atoms with Gasteiger partial charge in [0.2, 0.25) is 5.91 Å². The summed E-state index contributed by atoms with van der Waals surface area (Å²) in [5.74, 6) is -0.424. The molecule has 15 heavy (non-hydrogen) atoms. The maximum absolute atomic E-state index is 11.1. The van der Waals surface area contributed by atoms with Crippen LogP contribution >= 0.6 is 0 Å². The topological polar surface area (TPSA) is 81.5 Å². The van der Waals surface area contributed by atoms with Gasteiger partial charge in [-0.2, -0.15) is 0 Å². The van der Waals surface area contributed by atoms with Gasteiger partial charge in [-0.25, -0.2) is 5.48 Å². The molecule has 0 unspecified atom stereocenters. The van der Waals surface area contributed by atoms with Crippen molar-refractivity contribution in [3.05, 3.63) is 39.9 Å². The van der Waals surface area contributed by atoms with Gasteiger partial charge in [0.05, 0.1) is 18.5 Å². The molecular formula is C9H10N2O4. The quantitative estimate of drug-likeness (QED) is 0.589. The van der Waals surface area contributed by atoms with Crippen molar-refractivity contribution in [2.45, 2.75) is 6.42 Å². The highest BCUT2D eigenvalue weighted by Crippen LogP contribution is 2.17. The van der Waals surface area contributed by atoms with Crippen molar-refractivity contribution in [2.75, 3.05) is 7.11 Å². The lowest BCUT2D eigenvalue weighted by Crippen LogP contribution is -2.23. The summed E-state index contributed by atoms with van der Waals surface area (Å²) in [6, 6.07) is 6.08. The van der Waals surface area contributed by atoms with E-state index in [0.29, 0.717) is 5.56 Å². The second kappa shape index (κ2) is 5.06. The zero-order chi connectivity index (χ0) is 11.3. The number of amides is 1. The van der Waals surface area contributed by atoms with Crippen molar-refractivity contribution in [1.29, 1.82) is 0 Å². The predicted octanol–water partition coefficient (Wildman–Crippen LogP) is 0.815. The summed E-state index contributed by atoms with van der Waals surface area (Å²) in [5.41, 5.74) is 2.39. The third-order valence-corrected chi connectivity index (χ3v) is 1.76. The summed E-state index contributed by atoms with van der Waals surface area (Å²) in [5, 5.41) is 10.6. The average molecular weight is 210 g/mol. The lowest BCUT2D eigenvalue weighted by molar-refractivity contribution is -0.385. The van der Waals surface area contributed by atoms with E-state index in [1.54, 1.807) is 12.1 Å². The first kappa shape index (κ1) is 11.1. The molecule has 1 amide bonds. The largest absolute Gasteiger partial charge is 0.277 e. The lowest BCUT2D eigenvalue weighted by Gasteiger charge is -2.02. The summed E-state index contributed by atoms with van der Waals surface area (Å²) in [4.78, 5) is 25.6. The Morgan fingerprint density at radius 3 is 2.80 bits per heavy atom. The van der Waals surface area contributed by atoms with Gasteiger partial charge in [-0.15, -0.1) is 0 Å². The van der Waals surface area contributed by atoms with Gasteiger partial charge < -0.3 is 0 Å². The molecule has 80 valence electrons. The van der Waals surface area contributed by atoms with Gasteiger partial charge in [0.15, 0.2) is 0 Å². The molecule has 1 aromatic rings. The Hall–Kier alpha value is -1.95. The van der Waals surface area contributed by atoms with Crippen molar-refractivity contribution in [3.8, 4) is 0 Å². The number of nitrogens with one attached hydrogen (secondary N) is 1. The smallest absolute Gasteiger partial charge is 0.273 e. The van der Waals surface area contributed by atoms with E-state index in [-0.39, 0.29) is 12.1 Å². The number of nitrogens with zero attached hydrogens (tertiary/aromatic N) is 1. The summed E-state index contributed by atoms with van der Waals surface area (Å²) in [6.45, 7) is 0. The first-order valence-corrected chi connectivity index (χ1v) is 4.19. The molecule has 6 heteroatoms. The van der Waals surface area contributed by atoms with Gasteiger partial charge in [0.25, 0.3) is 5.69 Å². The average Bonchev–Trinajstić information content (AvgIpc) is 2.18. The van der Waals surface area contributed by atoms with E-state index in [1.807, 2.05) is 0 Å². The number of nitro benzene ring substituents is 1. The zero-order valence-corrected chi connectivity index (χ0v) is 8.10. The number of para-hydroxylation sites is 1. The van der Waals surface area contributed by atoms with Crippen molar-refractivity contribution in [2.24, 2.45) is 0 Å². The number of rotatable bonds is 4. The SMILES string of the molecule is CONC(=O)Cc1ccccc1[N+](=O)[O-]. The van der Waals surface area contributed by atoms with E-state index in [1.165, 1.54) is 19.2 Å². The number of hydrogen-bond acceptors (Lipinski definition) is 4. The summed E-state index contributed by atoms with van der Waals surface area (Å²) >= 11 is 0. The number of benzene rings is 1. The van der Waals surface area contributed by atoms with Gasteiger partial charge >= 0.3 is 0 Å². The van der Waals surface area contributed by atoms with Crippen LogP contribution in [0.15, 0.2) is 24.3 Å². The molecule has 1 rings (SSSR count). The van der Waals surface area contributed by atoms with Crippen LogP contribution in [0, 0.1) is 10.1 Å². The van der Waals surface area contributed by atoms with Crippen LogP contribution in [0.5, 0.6) is 0 Å². The number of hydrogen-bond donors (Lipinski definition) is 1. The van der Waals surface area contributed by atoms with E-state index >= 15 is 0 Å². The lowest BCUT2D eigenvalue weighted by atomic mass is 10.1. The van der Waals surface area contributed by atoms with Crippen molar-refractivity contribution in [3.63, 3.8) is 0 Å². The van der Waals surface area contributed by atoms with Crippen LogP contribution in [0.25, 0.3) is 0 Å². The Morgan fingerprint density at radius 1 is 1.53 bits per heavy atom. The number of nitro groups is 1.